The molecule has 0 unspecified atom stereocenters. The molecule has 2 aliphatic rings. The van der Waals surface area contributed by atoms with Gasteiger partial charge in [0.05, 0.1) is 12.1 Å². The summed E-state index contributed by atoms with van der Waals surface area (Å²) in [6, 6.07) is 6.57. The van der Waals surface area contributed by atoms with Crippen molar-refractivity contribution in [3.8, 4) is 0 Å². The molecule has 3 heterocycles. The molecule has 25 heavy (non-hydrogen) atoms. The number of hydrogen-bond donors (Lipinski definition) is 0. The molecule has 0 spiro atoms. The quantitative estimate of drug-likeness (QED) is 0.858. The average Bonchev–Trinajstić information content (AvgIpc) is 3.17. The third-order valence-corrected chi connectivity index (χ3v) is 5.28. The third-order valence-electron chi connectivity index (χ3n) is 5.28. The number of piperidine rings is 2. The van der Waals surface area contributed by atoms with Gasteiger partial charge >= 0.3 is 0 Å². The highest BCUT2D eigenvalue weighted by Gasteiger charge is 2.36. The molecule has 6 nitrogen and oxygen atoms in total. The molecule has 2 saturated heterocycles. The first-order chi connectivity index (χ1) is 12.2. The van der Waals surface area contributed by atoms with Gasteiger partial charge in [0.1, 0.15) is 18.5 Å². The van der Waals surface area contributed by atoms with Crippen molar-refractivity contribution in [2.45, 2.75) is 37.8 Å². The molecule has 1 aromatic heterocycles. The average molecular weight is 343 g/mol. The van der Waals surface area contributed by atoms with E-state index in [0.29, 0.717) is 18.3 Å². The Kier molecular flexibility index (Phi) is 4.48. The minimum atomic E-state index is -0.305. The summed E-state index contributed by atoms with van der Waals surface area (Å²) in [5.74, 6) is -0.211. The van der Waals surface area contributed by atoms with Crippen molar-refractivity contribution in [2.24, 2.45) is 0 Å². The monoisotopic (exact) mass is 343 g/mol. The second kappa shape index (κ2) is 6.92. The molecule has 132 valence electrons. The van der Waals surface area contributed by atoms with Gasteiger partial charge in [-0.05, 0) is 43.9 Å². The largest absolute Gasteiger partial charge is 0.311 e. The molecular formula is C18H22FN5O. The maximum atomic E-state index is 13.5. The lowest BCUT2D eigenvalue weighted by atomic mass is 9.97. The van der Waals surface area contributed by atoms with Crippen molar-refractivity contribution >= 4 is 11.6 Å². The zero-order chi connectivity index (χ0) is 17.2. The summed E-state index contributed by atoms with van der Waals surface area (Å²) in [5.41, 5.74) is 0.659. The number of nitrogens with zero attached hydrogens (tertiary/aromatic N) is 5. The van der Waals surface area contributed by atoms with Gasteiger partial charge in [0.25, 0.3) is 0 Å². The Bertz CT molecular complexity index is 727. The van der Waals surface area contributed by atoms with Gasteiger partial charge in [-0.3, -0.25) is 9.69 Å². The van der Waals surface area contributed by atoms with E-state index in [4.69, 9.17) is 0 Å². The number of benzene rings is 1. The molecular weight excluding hydrogens is 321 g/mol. The maximum Gasteiger partial charge on any atom is 0.244 e. The van der Waals surface area contributed by atoms with Gasteiger partial charge in [0.15, 0.2) is 0 Å². The molecule has 0 bridgehead atoms. The zero-order valence-electron chi connectivity index (χ0n) is 14.1. The van der Waals surface area contributed by atoms with Crippen LogP contribution in [0, 0.1) is 5.82 Å². The summed E-state index contributed by atoms with van der Waals surface area (Å²) in [4.78, 5) is 21.0. The highest BCUT2D eigenvalue weighted by atomic mass is 19.1. The van der Waals surface area contributed by atoms with Crippen LogP contribution in [0.15, 0.2) is 36.9 Å². The van der Waals surface area contributed by atoms with Gasteiger partial charge in [-0.2, -0.15) is 5.10 Å². The van der Waals surface area contributed by atoms with E-state index < -0.39 is 0 Å². The number of hydrogen-bond acceptors (Lipinski definition) is 4. The van der Waals surface area contributed by atoms with E-state index in [1.54, 1.807) is 29.7 Å². The van der Waals surface area contributed by atoms with Crippen molar-refractivity contribution in [1.29, 1.82) is 0 Å². The standard InChI is InChI=1S/C18H22FN5O/c19-14-3-1-4-16(11-14)23-8-2-5-17(18(23)25)22-9-6-15(7-10-22)24-13-20-12-21-24/h1,3-4,11-13,15,17H,2,5-10H2/t17-/m1/s1. The second-order valence-electron chi connectivity index (χ2n) is 6.77. The second-order valence-corrected chi connectivity index (χ2v) is 6.77. The van der Waals surface area contributed by atoms with Crippen LogP contribution in [-0.4, -0.2) is 51.2 Å². The normalized spacial score (nSPS) is 23.2. The molecule has 0 saturated carbocycles. The Labute approximate surface area is 146 Å². The fourth-order valence-electron chi connectivity index (χ4n) is 3.96. The van der Waals surface area contributed by atoms with Gasteiger partial charge in [-0.1, -0.05) is 6.07 Å². The van der Waals surface area contributed by atoms with Crippen LogP contribution in [0.3, 0.4) is 0 Å². The minimum Gasteiger partial charge on any atom is -0.311 e. The van der Waals surface area contributed by atoms with E-state index in [2.05, 4.69) is 15.0 Å². The zero-order valence-corrected chi connectivity index (χ0v) is 14.1. The summed E-state index contributed by atoms with van der Waals surface area (Å²) in [5, 5.41) is 4.23. The van der Waals surface area contributed by atoms with E-state index in [1.165, 1.54) is 12.1 Å². The molecule has 1 aromatic carbocycles. The molecule has 2 aromatic rings. The minimum absolute atomic E-state index is 0.0936. The van der Waals surface area contributed by atoms with Gasteiger partial charge in [-0.15, -0.1) is 0 Å². The Hall–Kier alpha value is -2.28. The SMILES string of the molecule is O=C1[C@H](N2CCC(n3cncn3)CC2)CCCN1c1cccc(F)c1. The molecule has 0 radical (unpaired) electrons. The first-order valence-corrected chi connectivity index (χ1v) is 8.87. The van der Waals surface area contributed by atoms with E-state index in [-0.39, 0.29) is 17.8 Å². The van der Waals surface area contributed by atoms with E-state index in [0.717, 1.165) is 38.8 Å². The van der Waals surface area contributed by atoms with Crippen LogP contribution in [0.2, 0.25) is 0 Å². The van der Waals surface area contributed by atoms with Crippen LogP contribution in [-0.2, 0) is 4.79 Å². The topological polar surface area (TPSA) is 54.3 Å². The van der Waals surface area contributed by atoms with Gasteiger partial charge < -0.3 is 4.90 Å². The van der Waals surface area contributed by atoms with Gasteiger partial charge in [-0.25, -0.2) is 14.1 Å². The smallest absolute Gasteiger partial charge is 0.244 e. The highest BCUT2D eigenvalue weighted by molar-refractivity contribution is 5.97. The summed E-state index contributed by atoms with van der Waals surface area (Å²) in [7, 11) is 0. The molecule has 0 aliphatic carbocycles. The predicted octanol–water partition coefficient (Wildman–Crippen LogP) is 2.25. The van der Waals surface area contributed by atoms with Crippen molar-refractivity contribution < 1.29 is 9.18 Å². The number of anilines is 1. The fraction of sp³-hybridized carbons (Fsp3) is 0.500. The Morgan fingerprint density at radius 3 is 2.68 bits per heavy atom. The van der Waals surface area contributed by atoms with E-state index in [9.17, 15) is 9.18 Å². The lowest BCUT2D eigenvalue weighted by Crippen LogP contribution is -2.54. The van der Waals surface area contributed by atoms with E-state index >= 15 is 0 Å². The molecule has 0 N–H and O–H groups in total. The van der Waals surface area contributed by atoms with Crippen molar-refractivity contribution in [2.75, 3.05) is 24.5 Å². The van der Waals surface area contributed by atoms with Crippen LogP contribution in [0.4, 0.5) is 10.1 Å². The molecule has 1 atom stereocenters. The van der Waals surface area contributed by atoms with E-state index in [1.807, 2.05) is 4.68 Å². The Morgan fingerprint density at radius 1 is 1.12 bits per heavy atom. The number of carbonyl (C=O) groups excluding carboxylic acids is 1. The van der Waals surface area contributed by atoms with Crippen molar-refractivity contribution in [3.05, 3.63) is 42.7 Å². The highest BCUT2D eigenvalue weighted by Crippen LogP contribution is 2.28. The third kappa shape index (κ3) is 3.28. The molecule has 2 fully saturated rings. The summed E-state index contributed by atoms with van der Waals surface area (Å²) < 4.78 is 15.4. The van der Waals surface area contributed by atoms with Gasteiger partial charge in [0.2, 0.25) is 5.91 Å². The first kappa shape index (κ1) is 16.2. The summed E-state index contributed by atoms with van der Waals surface area (Å²) >= 11 is 0. The Balaban J connectivity index is 1.43. The molecule has 1 amide bonds. The lowest BCUT2D eigenvalue weighted by Gasteiger charge is -2.41. The fourth-order valence-corrected chi connectivity index (χ4v) is 3.96. The van der Waals surface area contributed by atoms with Crippen LogP contribution in [0.1, 0.15) is 31.7 Å². The summed E-state index contributed by atoms with van der Waals surface area (Å²) in [6.45, 7) is 2.41. The lowest BCUT2D eigenvalue weighted by molar-refractivity contribution is -0.126. The van der Waals surface area contributed by atoms with Crippen LogP contribution < -0.4 is 4.90 Å². The maximum absolute atomic E-state index is 13.5. The molecule has 4 rings (SSSR count). The number of rotatable bonds is 3. The Morgan fingerprint density at radius 2 is 1.96 bits per heavy atom. The molecule has 7 heteroatoms. The van der Waals surface area contributed by atoms with Crippen LogP contribution in [0.5, 0.6) is 0 Å². The number of likely N-dealkylation sites (tertiary alicyclic amines) is 1. The van der Waals surface area contributed by atoms with Crippen LogP contribution in [0.25, 0.3) is 0 Å². The van der Waals surface area contributed by atoms with Crippen LogP contribution >= 0.6 is 0 Å². The first-order valence-electron chi connectivity index (χ1n) is 8.87. The van der Waals surface area contributed by atoms with Crippen molar-refractivity contribution in [3.63, 3.8) is 0 Å². The molecule has 2 aliphatic heterocycles. The summed E-state index contributed by atoms with van der Waals surface area (Å²) in [6.07, 6.45) is 7.07. The van der Waals surface area contributed by atoms with Crippen molar-refractivity contribution in [1.82, 2.24) is 19.7 Å². The number of halogens is 1. The predicted molar refractivity (Wildman–Crippen MR) is 91.6 cm³/mol. The van der Waals surface area contributed by atoms with Gasteiger partial charge in [0, 0.05) is 25.3 Å². The number of carbonyl (C=O) groups is 1. The number of amides is 1. The number of aromatic nitrogens is 3.